The van der Waals surface area contributed by atoms with Crippen molar-refractivity contribution >= 4 is 17.3 Å². The van der Waals surface area contributed by atoms with Crippen molar-refractivity contribution < 1.29 is 0 Å². The van der Waals surface area contributed by atoms with E-state index in [2.05, 4.69) is 50.9 Å². The molecule has 0 unspecified atom stereocenters. The Morgan fingerprint density at radius 2 is 2.00 bits per heavy atom. The molecule has 1 heterocycles. The summed E-state index contributed by atoms with van der Waals surface area (Å²) >= 11 is 6.05. The van der Waals surface area contributed by atoms with Crippen LogP contribution in [-0.2, 0) is 5.41 Å². The summed E-state index contributed by atoms with van der Waals surface area (Å²) < 4.78 is 0. The minimum Gasteiger partial charge on any atom is -0.347 e. The fourth-order valence-corrected chi connectivity index (χ4v) is 2.71. The van der Waals surface area contributed by atoms with Gasteiger partial charge >= 0.3 is 0 Å². The average molecular weight is 222 g/mol. The van der Waals surface area contributed by atoms with Gasteiger partial charge in [0.05, 0.1) is 0 Å². The minimum absolute atomic E-state index is 0.0593. The molecule has 1 nitrogen and oxygen atoms in total. The van der Waals surface area contributed by atoms with Gasteiger partial charge in [0.2, 0.25) is 0 Å². The second-order valence-electron chi connectivity index (χ2n) is 4.52. The maximum atomic E-state index is 6.05. The lowest BCUT2D eigenvalue weighted by Crippen LogP contribution is -2.22. The van der Waals surface area contributed by atoms with E-state index < -0.39 is 0 Å². The van der Waals surface area contributed by atoms with Crippen LogP contribution in [0.15, 0.2) is 30.0 Å². The lowest BCUT2D eigenvalue weighted by Gasteiger charge is -2.23. The lowest BCUT2D eigenvalue weighted by atomic mass is 9.84. The number of hydrogen-bond donors (Lipinski definition) is 0. The molecule has 0 N–H and O–H groups in total. The molecule has 2 heteroatoms. The predicted molar refractivity (Wildman–Crippen MR) is 66.6 cm³/mol. The number of rotatable bonds is 0. The summed E-state index contributed by atoms with van der Waals surface area (Å²) in [4.78, 5) is 2.24. The molecule has 1 aliphatic rings. The van der Waals surface area contributed by atoms with E-state index in [0.717, 1.165) is 5.02 Å². The van der Waals surface area contributed by atoms with Crippen molar-refractivity contribution in [3.8, 4) is 0 Å². The zero-order valence-electron chi connectivity index (χ0n) is 9.63. The van der Waals surface area contributed by atoms with Crippen molar-refractivity contribution in [3.05, 3.63) is 40.6 Å². The summed E-state index contributed by atoms with van der Waals surface area (Å²) in [5, 5.41) is 0.813. The lowest BCUT2D eigenvalue weighted by molar-refractivity contribution is 0.639. The number of fused-ring (bicyclic) bond motifs is 1. The first kappa shape index (κ1) is 10.6. The Kier molecular flexibility index (Phi) is 2.31. The molecule has 1 aromatic carbocycles. The number of likely N-dealkylation sites (N-methyl/N-ethyl adjacent to an activating group) is 1. The molecule has 0 spiro atoms. The molecule has 0 aliphatic carbocycles. The van der Waals surface area contributed by atoms with Crippen LogP contribution in [0.4, 0.5) is 5.69 Å². The van der Waals surface area contributed by atoms with Crippen molar-refractivity contribution in [1.82, 2.24) is 0 Å². The van der Waals surface area contributed by atoms with Gasteiger partial charge in [-0.25, -0.2) is 0 Å². The second-order valence-corrected chi connectivity index (χ2v) is 4.96. The van der Waals surface area contributed by atoms with Crippen molar-refractivity contribution in [2.24, 2.45) is 0 Å². The largest absolute Gasteiger partial charge is 0.347 e. The average Bonchev–Trinajstić information content (AvgIpc) is 2.35. The van der Waals surface area contributed by atoms with Gasteiger partial charge in [0, 0.05) is 28.9 Å². The smallest absolute Gasteiger partial charge is 0.0448 e. The number of nitrogens with zero attached hydrogens (tertiary/aromatic N) is 1. The molecule has 2 rings (SSSR count). The molecule has 0 amide bonds. The first-order valence-corrected chi connectivity index (χ1v) is 5.57. The number of halogens is 1. The van der Waals surface area contributed by atoms with E-state index in [1.165, 1.54) is 16.9 Å². The number of allylic oxidation sites excluding steroid dienone is 2. The van der Waals surface area contributed by atoms with Crippen LogP contribution in [0.25, 0.3) is 0 Å². The SMILES string of the molecule is C/C=C1/N(C)c2ccc(Cl)cc2C1(C)C. The van der Waals surface area contributed by atoms with Gasteiger partial charge in [0.1, 0.15) is 0 Å². The van der Waals surface area contributed by atoms with Gasteiger partial charge in [-0.05, 0) is 30.7 Å². The van der Waals surface area contributed by atoms with E-state index >= 15 is 0 Å². The standard InChI is InChI=1S/C13H16ClN/c1-5-12-13(2,3)10-8-9(14)6-7-11(10)15(12)4/h5-8H,1-4H3/b12-5+. The third kappa shape index (κ3) is 1.37. The molecule has 0 bridgehead atoms. The highest BCUT2D eigenvalue weighted by Gasteiger charge is 2.37. The van der Waals surface area contributed by atoms with Crippen molar-refractivity contribution in [1.29, 1.82) is 0 Å². The van der Waals surface area contributed by atoms with Crippen LogP contribution in [-0.4, -0.2) is 7.05 Å². The molecule has 0 atom stereocenters. The van der Waals surface area contributed by atoms with Gasteiger partial charge in [-0.1, -0.05) is 31.5 Å². The first-order chi connectivity index (χ1) is 6.98. The maximum absolute atomic E-state index is 6.05. The van der Waals surface area contributed by atoms with Crippen molar-refractivity contribution in [2.75, 3.05) is 11.9 Å². The Bertz CT molecular complexity index is 432. The van der Waals surface area contributed by atoms with Crippen LogP contribution in [0, 0.1) is 0 Å². The summed E-state index contributed by atoms with van der Waals surface area (Å²) in [5.41, 5.74) is 3.96. The highest BCUT2D eigenvalue weighted by Crippen LogP contribution is 2.47. The summed E-state index contributed by atoms with van der Waals surface area (Å²) in [6.45, 7) is 6.56. The number of hydrogen-bond acceptors (Lipinski definition) is 1. The zero-order chi connectivity index (χ0) is 11.2. The van der Waals surface area contributed by atoms with Gasteiger partial charge in [-0.15, -0.1) is 0 Å². The van der Waals surface area contributed by atoms with Gasteiger partial charge < -0.3 is 4.90 Å². The van der Waals surface area contributed by atoms with Crippen molar-refractivity contribution in [2.45, 2.75) is 26.2 Å². The van der Waals surface area contributed by atoms with Gasteiger partial charge in [0.25, 0.3) is 0 Å². The summed E-state index contributed by atoms with van der Waals surface area (Å²) in [6, 6.07) is 6.12. The summed E-state index contributed by atoms with van der Waals surface area (Å²) in [6.07, 6.45) is 2.17. The summed E-state index contributed by atoms with van der Waals surface area (Å²) in [5.74, 6) is 0. The Labute approximate surface area is 96.4 Å². The predicted octanol–water partition coefficient (Wildman–Crippen LogP) is 3.97. The third-order valence-corrected chi connectivity index (χ3v) is 3.50. The van der Waals surface area contributed by atoms with Gasteiger partial charge in [-0.2, -0.15) is 0 Å². The van der Waals surface area contributed by atoms with Gasteiger partial charge in [0.15, 0.2) is 0 Å². The molecule has 0 radical (unpaired) electrons. The Hall–Kier alpha value is -0.950. The fraction of sp³-hybridized carbons (Fsp3) is 0.385. The van der Waals surface area contributed by atoms with Crippen molar-refractivity contribution in [3.63, 3.8) is 0 Å². The topological polar surface area (TPSA) is 3.24 Å². The number of benzene rings is 1. The normalized spacial score (nSPS) is 20.9. The molecule has 0 saturated heterocycles. The molecule has 1 aliphatic heterocycles. The highest BCUT2D eigenvalue weighted by atomic mass is 35.5. The molecular weight excluding hydrogens is 206 g/mol. The van der Waals surface area contributed by atoms with Gasteiger partial charge in [-0.3, -0.25) is 0 Å². The Morgan fingerprint density at radius 1 is 1.33 bits per heavy atom. The molecule has 1 aromatic rings. The minimum atomic E-state index is 0.0593. The maximum Gasteiger partial charge on any atom is 0.0448 e. The summed E-state index contributed by atoms with van der Waals surface area (Å²) in [7, 11) is 2.11. The van der Waals surface area contributed by atoms with Crippen LogP contribution in [0.2, 0.25) is 5.02 Å². The van der Waals surface area contributed by atoms with Crippen LogP contribution in [0.3, 0.4) is 0 Å². The molecule has 15 heavy (non-hydrogen) atoms. The molecule has 80 valence electrons. The fourth-order valence-electron chi connectivity index (χ4n) is 2.54. The molecular formula is C13H16ClN. The molecule has 0 saturated carbocycles. The zero-order valence-corrected chi connectivity index (χ0v) is 10.4. The van der Waals surface area contributed by atoms with Crippen LogP contribution in [0.1, 0.15) is 26.3 Å². The quantitative estimate of drug-likeness (QED) is 0.641. The van der Waals surface area contributed by atoms with E-state index in [-0.39, 0.29) is 5.41 Å². The van der Waals surface area contributed by atoms with Crippen LogP contribution in [0.5, 0.6) is 0 Å². The Balaban J connectivity index is 2.69. The van der Waals surface area contributed by atoms with Crippen LogP contribution < -0.4 is 4.90 Å². The molecule has 0 aromatic heterocycles. The molecule has 0 fully saturated rings. The number of anilines is 1. The van der Waals surface area contributed by atoms with E-state index in [4.69, 9.17) is 11.6 Å². The van der Waals surface area contributed by atoms with E-state index in [0.29, 0.717) is 0 Å². The highest BCUT2D eigenvalue weighted by molar-refractivity contribution is 6.30. The Morgan fingerprint density at radius 3 is 2.60 bits per heavy atom. The third-order valence-electron chi connectivity index (χ3n) is 3.27. The monoisotopic (exact) mass is 221 g/mol. The first-order valence-electron chi connectivity index (χ1n) is 5.19. The van der Waals surface area contributed by atoms with Crippen LogP contribution >= 0.6 is 11.6 Å². The van der Waals surface area contributed by atoms with E-state index in [1.54, 1.807) is 0 Å². The second kappa shape index (κ2) is 3.28. The van der Waals surface area contributed by atoms with E-state index in [9.17, 15) is 0 Å². The van der Waals surface area contributed by atoms with E-state index in [1.807, 2.05) is 6.07 Å².